The lowest BCUT2D eigenvalue weighted by molar-refractivity contribution is 0.0954. The molecule has 0 atom stereocenters. The van der Waals surface area contributed by atoms with E-state index in [4.69, 9.17) is 9.47 Å². The number of nitrogens with zero attached hydrogens (tertiary/aromatic N) is 2. The van der Waals surface area contributed by atoms with E-state index in [1.807, 2.05) is 18.2 Å². The molecule has 0 aliphatic heterocycles. The number of halogens is 2. The van der Waals surface area contributed by atoms with Gasteiger partial charge in [-0.3, -0.25) is 9.36 Å². The maximum absolute atomic E-state index is 14.2. The second-order valence-corrected chi connectivity index (χ2v) is 7.11. The number of aromatic nitrogens is 2. The van der Waals surface area contributed by atoms with E-state index in [0.29, 0.717) is 41.1 Å². The molecule has 0 fully saturated rings. The summed E-state index contributed by atoms with van der Waals surface area (Å²) in [4.78, 5) is 16.8. The summed E-state index contributed by atoms with van der Waals surface area (Å²) in [5, 5.41) is 2.88. The smallest absolute Gasteiger partial charge is 0.251 e. The normalized spacial score (nSPS) is 10.9. The first kappa shape index (κ1) is 21.3. The fraction of sp³-hybridized carbons (Fsp3) is 0.167. The van der Waals surface area contributed by atoms with Crippen molar-refractivity contribution in [3.05, 3.63) is 83.7 Å². The van der Waals surface area contributed by atoms with E-state index >= 15 is 0 Å². The first-order valence-electron chi connectivity index (χ1n) is 9.92. The minimum Gasteiger partial charge on any atom is -0.493 e. The Kier molecular flexibility index (Phi) is 6.02. The lowest BCUT2D eigenvalue weighted by Gasteiger charge is -2.10. The van der Waals surface area contributed by atoms with Gasteiger partial charge in [0.25, 0.3) is 5.91 Å². The van der Waals surface area contributed by atoms with Crippen molar-refractivity contribution in [2.75, 3.05) is 20.8 Å². The summed E-state index contributed by atoms with van der Waals surface area (Å²) < 4.78 is 39.4. The lowest BCUT2D eigenvalue weighted by Crippen LogP contribution is -2.25. The van der Waals surface area contributed by atoms with Crippen LogP contribution in [0, 0.1) is 11.6 Å². The van der Waals surface area contributed by atoms with Crippen LogP contribution in [0.2, 0.25) is 0 Å². The molecule has 164 valence electrons. The number of carbonyl (C=O) groups is 1. The highest BCUT2D eigenvalue weighted by atomic mass is 19.1. The van der Waals surface area contributed by atoms with Crippen molar-refractivity contribution in [3.63, 3.8) is 0 Å². The Hall–Kier alpha value is -3.94. The molecule has 0 aliphatic carbocycles. The number of ether oxygens (including phenoxy) is 2. The molecule has 4 aromatic rings. The molecule has 0 bridgehead atoms. The monoisotopic (exact) mass is 437 g/mol. The number of fused-ring (bicyclic) bond motifs is 1. The summed E-state index contributed by atoms with van der Waals surface area (Å²) >= 11 is 0. The highest BCUT2D eigenvalue weighted by molar-refractivity contribution is 5.97. The number of hydrogen-bond acceptors (Lipinski definition) is 4. The predicted octanol–water partition coefficient (Wildman–Crippen LogP) is 4.29. The van der Waals surface area contributed by atoms with Crippen molar-refractivity contribution < 1.29 is 23.0 Å². The van der Waals surface area contributed by atoms with Crippen molar-refractivity contribution in [1.29, 1.82) is 0 Å². The van der Waals surface area contributed by atoms with Gasteiger partial charge in [-0.2, -0.15) is 0 Å². The fourth-order valence-corrected chi connectivity index (χ4v) is 3.48. The van der Waals surface area contributed by atoms with Crippen LogP contribution in [0.25, 0.3) is 16.7 Å². The predicted molar refractivity (Wildman–Crippen MR) is 117 cm³/mol. The van der Waals surface area contributed by atoms with E-state index in [9.17, 15) is 13.6 Å². The van der Waals surface area contributed by atoms with Crippen LogP contribution in [0.1, 0.15) is 15.9 Å². The Bertz CT molecular complexity index is 1290. The molecule has 0 unspecified atom stereocenters. The van der Waals surface area contributed by atoms with E-state index in [2.05, 4.69) is 10.3 Å². The minimum atomic E-state index is -0.693. The van der Waals surface area contributed by atoms with Crippen LogP contribution in [0.5, 0.6) is 11.5 Å². The molecule has 6 nitrogen and oxygen atoms in total. The standard InChI is InChI=1S/C24H21F2N3O3/c1-31-22-8-3-15(11-23(22)32-2)9-10-27-24(30)16-4-6-21-19(12-16)28-14-29(21)20-7-5-17(25)13-18(20)26/h3-8,11-14H,9-10H2,1-2H3,(H,27,30). The molecular weight excluding hydrogens is 416 g/mol. The quantitative estimate of drug-likeness (QED) is 0.468. The van der Waals surface area contributed by atoms with E-state index in [0.717, 1.165) is 11.6 Å². The number of amides is 1. The Labute approximate surface area is 183 Å². The molecule has 1 N–H and O–H groups in total. The second-order valence-electron chi connectivity index (χ2n) is 7.11. The molecular formula is C24H21F2N3O3. The van der Waals surface area contributed by atoms with Gasteiger partial charge in [0.15, 0.2) is 11.5 Å². The molecule has 1 aromatic heterocycles. The summed E-state index contributed by atoms with van der Waals surface area (Å²) in [6, 6.07) is 13.9. The molecule has 0 saturated heterocycles. The third kappa shape index (κ3) is 4.25. The third-order valence-corrected chi connectivity index (χ3v) is 5.13. The van der Waals surface area contributed by atoms with Crippen LogP contribution < -0.4 is 14.8 Å². The lowest BCUT2D eigenvalue weighted by atomic mass is 10.1. The van der Waals surface area contributed by atoms with Gasteiger partial charge in [0, 0.05) is 18.2 Å². The number of imidazole rings is 1. The zero-order valence-corrected chi connectivity index (χ0v) is 17.6. The van der Waals surface area contributed by atoms with Gasteiger partial charge in [0.05, 0.1) is 30.9 Å². The summed E-state index contributed by atoms with van der Waals surface area (Å²) in [7, 11) is 3.15. The summed E-state index contributed by atoms with van der Waals surface area (Å²) in [5.74, 6) is -0.303. The minimum absolute atomic E-state index is 0.182. The van der Waals surface area contributed by atoms with Crippen molar-refractivity contribution in [2.24, 2.45) is 0 Å². The first-order chi connectivity index (χ1) is 15.5. The molecule has 0 aliphatic rings. The van der Waals surface area contributed by atoms with E-state index in [1.54, 1.807) is 32.4 Å². The van der Waals surface area contributed by atoms with Crippen LogP contribution >= 0.6 is 0 Å². The Morgan fingerprint density at radius 1 is 1.00 bits per heavy atom. The molecule has 32 heavy (non-hydrogen) atoms. The maximum atomic E-state index is 14.2. The summed E-state index contributed by atoms with van der Waals surface area (Å²) in [5.41, 5.74) is 2.76. The van der Waals surface area contributed by atoms with E-state index in [1.165, 1.54) is 23.0 Å². The van der Waals surface area contributed by atoms with Gasteiger partial charge in [-0.05, 0) is 54.4 Å². The van der Waals surface area contributed by atoms with Crippen LogP contribution in [0.4, 0.5) is 8.78 Å². The van der Waals surface area contributed by atoms with Crippen LogP contribution in [0.15, 0.2) is 60.9 Å². The molecule has 8 heteroatoms. The SMILES string of the molecule is COc1ccc(CCNC(=O)c2ccc3c(c2)ncn3-c2ccc(F)cc2F)cc1OC. The Morgan fingerprint density at radius 3 is 2.56 bits per heavy atom. The highest BCUT2D eigenvalue weighted by Gasteiger charge is 2.13. The molecule has 3 aromatic carbocycles. The number of carbonyl (C=O) groups excluding carboxylic acids is 1. The molecule has 1 heterocycles. The third-order valence-electron chi connectivity index (χ3n) is 5.13. The van der Waals surface area contributed by atoms with Crippen LogP contribution in [-0.2, 0) is 6.42 Å². The van der Waals surface area contributed by atoms with Crippen molar-refractivity contribution >= 4 is 16.9 Å². The zero-order chi connectivity index (χ0) is 22.7. The Balaban J connectivity index is 1.45. The highest BCUT2D eigenvalue weighted by Crippen LogP contribution is 2.27. The maximum Gasteiger partial charge on any atom is 0.251 e. The Morgan fingerprint density at radius 2 is 1.81 bits per heavy atom. The van der Waals surface area contributed by atoms with E-state index < -0.39 is 11.6 Å². The second kappa shape index (κ2) is 9.05. The molecule has 4 rings (SSSR count). The summed E-state index contributed by atoms with van der Waals surface area (Å²) in [6.07, 6.45) is 2.06. The van der Waals surface area contributed by atoms with Crippen molar-refractivity contribution in [2.45, 2.75) is 6.42 Å². The van der Waals surface area contributed by atoms with Crippen molar-refractivity contribution in [3.8, 4) is 17.2 Å². The molecule has 0 spiro atoms. The first-order valence-corrected chi connectivity index (χ1v) is 9.92. The average Bonchev–Trinajstić information content (AvgIpc) is 3.22. The zero-order valence-electron chi connectivity index (χ0n) is 17.6. The van der Waals surface area contributed by atoms with Gasteiger partial charge in [0.2, 0.25) is 0 Å². The fourth-order valence-electron chi connectivity index (χ4n) is 3.48. The van der Waals surface area contributed by atoms with Crippen LogP contribution in [-0.4, -0.2) is 36.2 Å². The number of nitrogens with one attached hydrogen (secondary N) is 1. The molecule has 0 saturated carbocycles. The summed E-state index contributed by atoms with van der Waals surface area (Å²) in [6.45, 7) is 0.432. The topological polar surface area (TPSA) is 65.4 Å². The largest absolute Gasteiger partial charge is 0.493 e. The average molecular weight is 437 g/mol. The van der Waals surface area contributed by atoms with Gasteiger partial charge in [-0.15, -0.1) is 0 Å². The molecule has 1 amide bonds. The number of hydrogen-bond donors (Lipinski definition) is 1. The van der Waals surface area contributed by atoms with Gasteiger partial charge in [-0.25, -0.2) is 13.8 Å². The number of rotatable bonds is 7. The number of benzene rings is 3. The molecule has 0 radical (unpaired) electrons. The van der Waals surface area contributed by atoms with Gasteiger partial charge < -0.3 is 14.8 Å². The van der Waals surface area contributed by atoms with E-state index in [-0.39, 0.29) is 11.6 Å². The van der Waals surface area contributed by atoms with Gasteiger partial charge >= 0.3 is 0 Å². The van der Waals surface area contributed by atoms with Gasteiger partial charge in [-0.1, -0.05) is 6.07 Å². The van der Waals surface area contributed by atoms with Gasteiger partial charge in [0.1, 0.15) is 18.0 Å². The van der Waals surface area contributed by atoms with Crippen molar-refractivity contribution in [1.82, 2.24) is 14.9 Å². The van der Waals surface area contributed by atoms with Crippen LogP contribution in [0.3, 0.4) is 0 Å². The number of methoxy groups -OCH3 is 2.